The quantitative estimate of drug-likeness (QED) is 0.931. The number of hydrogen-bond acceptors (Lipinski definition) is 3. The van der Waals surface area contributed by atoms with Gasteiger partial charge in [-0.05, 0) is 38.0 Å². The van der Waals surface area contributed by atoms with Crippen molar-refractivity contribution in [2.45, 2.75) is 49.5 Å². The Morgan fingerprint density at radius 2 is 1.95 bits per heavy atom. The fourth-order valence-electron chi connectivity index (χ4n) is 2.59. The highest BCUT2D eigenvalue weighted by molar-refractivity contribution is 7.89. The maximum Gasteiger partial charge on any atom is 0.242 e. The molecule has 1 fully saturated rings. The number of nitrogens with zero attached hydrogens (tertiary/aromatic N) is 1. The molecule has 0 saturated heterocycles. The smallest absolute Gasteiger partial charge is 0.207 e. The van der Waals surface area contributed by atoms with Gasteiger partial charge in [-0.25, -0.2) is 13.1 Å². The molecule has 1 aliphatic carbocycles. The first-order valence-electron chi connectivity index (χ1n) is 6.60. The van der Waals surface area contributed by atoms with Crippen LogP contribution in [0.25, 0.3) is 0 Å². The second-order valence-electron chi connectivity index (χ2n) is 5.48. The van der Waals surface area contributed by atoms with E-state index in [1.165, 1.54) is 18.2 Å². The molecule has 0 spiro atoms. The summed E-state index contributed by atoms with van der Waals surface area (Å²) in [5.41, 5.74) is -0.146. The first kappa shape index (κ1) is 15.3. The van der Waals surface area contributed by atoms with E-state index in [1.807, 2.05) is 13.0 Å². The van der Waals surface area contributed by atoms with Crippen molar-refractivity contribution in [1.82, 2.24) is 4.72 Å². The van der Waals surface area contributed by atoms with Crippen LogP contribution in [0.5, 0.6) is 0 Å². The molecule has 1 saturated carbocycles. The SMILES string of the molecule is CC1(NS(=O)(=O)c2cc(C#N)ccc2Cl)CCCCC1. The molecular formula is C14H17ClN2O2S. The van der Waals surface area contributed by atoms with Crippen molar-refractivity contribution in [1.29, 1.82) is 5.26 Å². The third kappa shape index (κ3) is 3.32. The largest absolute Gasteiger partial charge is 0.242 e. The molecule has 1 aromatic carbocycles. The van der Waals surface area contributed by atoms with E-state index >= 15 is 0 Å². The zero-order valence-electron chi connectivity index (χ0n) is 11.3. The van der Waals surface area contributed by atoms with Gasteiger partial charge >= 0.3 is 0 Å². The molecule has 0 unspecified atom stereocenters. The number of nitrogens with one attached hydrogen (secondary N) is 1. The molecule has 0 heterocycles. The highest BCUT2D eigenvalue weighted by atomic mass is 35.5. The van der Waals surface area contributed by atoms with E-state index in [9.17, 15) is 8.42 Å². The second-order valence-corrected chi connectivity index (χ2v) is 7.54. The molecule has 1 N–H and O–H groups in total. The average Bonchev–Trinajstić information content (AvgIpc) is 2.38. The van der Waals surface area contributed by atoms with Gasteiger partial charge in [-0.3, -0.25) is 0 Å². The van der Waals surface area contributed by atoms with Crippen LogP contribution in [0, 0.1) is 11.3 Å². The minimum atomic E-state index is -3.71. The van der Waals surface area contributed by atoms with E-state index < -0.39 is 15.6 Å². The van der Waals surface area contributed by atoms with Crippen LogP contribution in [-0.2, 0) is 10.0 Å². The molecule has 0 aliphatic heterocycles. The van der Waals surface area contributed by atoms with Gasteiger partial charge in [0.15, 0.2) is 0 Å². The van der Waals surface area contributed by atoms with Crippen LogP contribution < -0.4 is 4.72 Å². The Kier molecular flexibility index (Phi) is 4.38. The summed E-state index contributed by atoms with van der Waals surface area (Å²) in [6.45, 7) is 1.92. The summed E-state index contributed by atoms with van der Waals surface area (Å²) < 4.78 is 27.7. The fourth-order valence-corrected chi connectivity index (χ4v) is 4.58. The number of halogens is 1. The van der Waals surface area contributed by atoms with E-state index in [-0.39, 0.29) is 15.5 Å². The average molecular weight is 313 g/mol. The van der Waals surface area contributed by atoms with Crippen molar-refractivity contribution in [2.75, 3.05) is 0 Å². The Bertz CT molecular complexity index is 644. The Morgan fingerprint density at radius 1 is 1.30 bits per heavy atom. The molecule has 6 heteroatoms. The van der Waals surface area contributed by atoms with Gasteiger partial charge in [-0.2, -0.15) is 5.26 Å². The van der Waals surface area contributed by atoms with Crippen LogP contribution in [0.2, 0.25) is 5.02 Å². The number of nitriles is 1. The zero-order valence-corrected chi connectivity index (χ0v) is 12.9. The van der Waals surface area contributed by atoms with Crippen molar-refractivity contribution < 1.29 is 8.42 Å². The first-order valence-corrected chi connectivity index (χ1v) is 8.46. The van der Waals surface area contributed by atoms with Crippen molar-refractivity contribution in [3.63, 3.8) is 0 Å². The predicted molar refractivity (Wildman–Crippen MR) is 78.0 cm³/mol. The molecule has 0 amide bonds. The Hall–Kier alpha value is -1.09. The van der Waals surface area contributed by atoms with E-state index in [0.717, 1.165) is 32.1 Å². The number of rotatable bonds is 3. The summed E-state index contributed by atoms with van der Waals surface area (Å²) in [7, 11) is -3.71. The van der Waals surface area contributed by atoms with E-state index in [1.54, 1.807) is 0 Å². The fraction of sp³-hybridized carbons (Fsp3) is 0.500. The van der Waals surface area contributed by atoms with Gasteiger partial charge in [-0.1, -0.05) is 30.9 Å². The zero-order chi connectivity index (χ0) is 14.8. The summed E-state index contributed by atoms with van der Waals surface area (Å²) in [6.07, 6.45) is 4.82. The summed E-state index contributed by atoms with van der Waals surface area (Å²) >= 11 is 5.97. The molecule has 0 aromatic heterocycles. The van der Waals surface area contributed by atoms with E-state index in [4.69, 9.17) is 16.9 Å². The maximum atomic E-state index is 12.5. The minimum absolute atomic E-state index is 0.0231. The van der Waals surface area contributed by atoms with Gasteiger partial charge in [0, 0.05) is 5.54 Å². The van der Waals surface area contributed by atoms with Crippen LogP contribution in [0.1, 0.15) is 44.6 Å². The van der Waals surface area contributed by atoms with Crippen LogP contribution in [0.4, 0.5) is 0 Å². The number of benzene rings is 1. The van der Waals surface area contributed by atoms with Gasteiger partial charge in [0.2, 0.25) is 10.0 Å². The highest BCUT2D eigenvalue weighted by Gasteiger charge is 2.33. The van der Waals surface area contributed by atoms with Crippen LogP contribution in [-0.4, -0.2) is 14.0 Å². The third-order valence-corrected chi connectivity index (χ3v) is 5.81. The molecule has 1 aromatic rings. The van der Waals surface area contributed by atoms with Crippen LogP contribution >= 0.6 is 11.6 Å². The molecule has 108 valence electrons. The van der Waals surface area contributed by atoms with Crippen molar-refractivity contribution in [2.24, 2.45) is 0 Å². The standard InChI is InChI=1S/C14H17ClN2O2S/c1-14(7-3-2-4-8-14)17-20(18,19)13-9-11(10-16)5-6-12(13)15/h5-6,9,17H,2-4,7-8H2,1H3. The first-order chi connectivity index (χ1) is 9.36. The monoisotopic (exact) mass is 312 g/mol. The molecule has 0 bridgehead atoms. The minimum Gasteiger partial charge on any atom is -0.207 e. The highest BCUT2D eigenvalue weighted by Crippen LogP contribution is 2.31. The lowest BCUT2D eigenvalue weighted by Crippen LogP contribution is -2.47. The number of sulfonamides is 1. The number of hydrogen-bond donors (Lipinski definition) is 1. The van der Waals surface area contributed by atoms with Crippen molar-refractivity contribution in [3.8, 4) is 6.07 Å². The van der Waals surface area contributed by atoms with Crippen LogP contribution in [0.3, 0.4) is 0 Å². The summed E-state index contributed by atoms with van der Waals surface area (Å²) in [6, 6.07) is 6.19. The molecule has 20 heavy (non-hydrogen) atoms. The molecule has 0 atom stereocenters. The van der Waals surface area contributed by atoms with Crippen LogP contribution in [0.15, 0.2) is 23.1 Å². The Labute approximate surface area is 124 Å². The van der Waals surface area contributed by atoms with Gasteiger partial charge in [-0.15, -0.1) is 0 Å². The van der Waals surface area contributed by atoms with E-state index in [0.29, 0.717) is 0 Å². The predicted octanol–water partition coefficient (Wildman–Crippen LogP) is 3.21. The van der Waals surface area contributed by atoms with Gasteiger partial charge in [0.1, 0.15) is 4.90 Å². The summed E-state index contributed by atoms with van der Waals surface area (Å²) in [5, 5.41) is 9.02. The molecule has 0 radical (unpaired) electrons. The maximum absolute atomic E-state index is 12.5. The lowest BCUT2D eigenvalue weighted by Gasteiger charge is -2.34. The van der Waals surface area contributed by atoms with E-state index in [2.05, 4.69) is 4.72 Å². The normalized spacial score (nSPS) is 18.4. The summed E-state index contributed by atoms with van der Waals surface area (Å²) in [5.74, 6) is 0. The van der Waals surface area contributed by atoms with Crippen molar-refractivity contribution >= 4 is 21.6 Å². The van der Waals surface area contributed by atoms with Gasteiger partial charge in [0.25, 0.3) is 0 Å². The molecular weight excluding hydrogens is 296 g/mol. The molecule has 4 nitrogen and oxygen atoms in total. The lowest BCUT2D eigenvalue weighted by molar-refractivity contribution is 0.294. The Balaban J connectivity index is 2.33. The molecule has 1 aliphatic rings. The van der Waals surface area contributed by atoms with Gasteiger partial charge in [0.05, 0.1) is 16.7 Å². The van der Waals surface area contributed by atoms with Crippen molar-refractivity contribution in [3.05, 3.63) is 28.8 Å². The second kappa shape index (κ2) is 5.72. The molecule has 2 rings (SSSR count). The lowest BCUT2D eigenvalue weighted by atomic mass is 9.84. The Morgan fingerprint density at radius 3 is 2.55 bits per heavy atom. The van der Waals surface area contributed by atoms with Gasteiger partial charge < -0.3 is 0 Å². The third-order valence-electron chi connectivity index (χ3n) is 3.69. The topological polar surface area (TPSA) is 70.0 Å². The summed E-state index contributed by atoms with van der Waals surface area (Å²) in [4.78, 5) is -0.0231.